The number of Topliss-reactive ketones (excluding diaryl/α,β-unsaturated/α-hetero) is 1. The van der Waals surface area contributed by atoms with E-state index in [2.05, 4.69) is 0 Å². The third-order valence-electron chi connectivity index (χ3n) is 2.00. The molecule has 1 rings (SSSR count). The van der Waals surface area contributed by atoms with Crippen LogP contribution in [0.5, 0.6) is 0 Å². The van der Waals surface area contributed by atoms with Gasteiger partial charge >= 0.3 is 0 Å². The summed E-state index contributed by atoms with van der Waals surface area (Å²) in [4.78, 5) is 10.6. The maximum absolute atomic E-state index is 11.0. The fourth-order valence-electron chi connectivity index (χ4n) is 1.27. The monoisotopic (exact) mass is 228 g/mol. The minimum Gasteiger partial charge on any atom is -0.300 e. The van der Waals surface area contributed by atoms with E-state index in [9.17, 15) is 13.2 Å². The summed E-state index contributed by atoms with van der Waals surface area (Å²) in [6, 6.07) is 6.11. The van der Waals surface area contributed by atoms with Crippen molar-refractivity contribution >= 4 is 15.9 Å². The molecule has 0 saturated carbocycles. The summed E-state index contributed by atoms with van der Waals surface area (Å²) in [5.74, 6) is -0.0138. The lowest BCUT2D eigenvalue weighted by Gasteiger charge is -2.04. The van der Waals surface area contributed by atoms with Crippen LogP contribution in [0.25, 0.3) is 0 Å². The SMILES string of the molecule is CC(=O)CCc1ccccc1S(=O)(=O)O. The van der Waals surface area contributed by atoms with Gasteiger partial charge in [0.05, 0.1) is 4.90 Å². The van der Waals surface area contributed by atoms with Gasteiger partial charge in [-0.1, -0.05) is 18.2 Å². The quantitative estimate of drug-likeness (QED) is 0.792. The summed E-state index contributed by atoms with van der Waals surface area (Å²) in [5, 5.41) is 0. The third kappa shape index (κ3) is 3.45. The Balaban J connectivity index is 3.02. The normalized spacial score (nSPS) is 11.3. The second-order valence-corrected chi connectivity index (χ2v) is 4.67. The van der Waals surface area contributed by atoms with Gasteiger partial charge < -0.3 is 4.79 Å². The van der Waals surface area contributed by atoms with Crippen LogP contribution in [-0.2, 0) is 21.3 Å². The number of carbonyl (C=O) groups is 1. The van der Waals surface area contributed by atoms with E-state index in [-0.39, 0.29) is 17.1 Å². The molecule has 0 heterocycles. The van der Waals surface area contributed by atoms with Crippen molar-refractivity contribution in [3.05, 3.63) is 29.8 Å². The minimum absolute atomic E-state index is 0.0138. The Labute approximate surface area is 88.7 Å². The first-order valence-electron chi connectivity index (χ1n) is 4.46. The predicted molar refractivity (Wildman–Crippen MR) is 55.3 cm³/mol. The van der Waals surface area contributed by atoms with Crippen LogP contribution in [0, 0.1) is 0 Å². The number of benzene rings is 1. The molecule has 82 valence electrons. The molecule has 0 aliphatic heterocycles. The van der Waals surface area contributed by atoms with Crippen LogP contribution in [0.1, 0.15) is 18.9 Å². The smallest absolute Gasteiger partial charge is 0.294 e. The Morgan fingerprint density at radius 2 is 1.93 bits per heavy atom. The molecule has 4 nitrogen and oxygen atoms in total. The highest BCUT2D eigenvalue weighted by atomic mass is 32.2. The van der Waals surface area contributed by atoms with Crippen molar-refractivity contribution in [3.63, 3.8) is 0 Å². The van der Waals surface area contributed by atoms with Gasteiger partial charge in [0.2, 0.25) is 0 Å². The highest BCUT2D eigenvalue weighted by molar-refractivity contribution is 7.85. The molecular formula is C10H12O4S. The summed E-state index contributed by atoms with van der Waals surface area (Å²) >= 11 is 0. The second-order valence-electron chi connectivity index (χ2n) is 3.28. The lowest BCUT2D eigenvalue weighted by atomic mass is 10.1. The average molecular weight is 228 g/mol. The van der Waals surface area contributed by atoms with E-state index in [4.69, 9.17) is 4.55 Å². The summed E-state index contributed by atoms with van der Waals surface area (Å²) in [6.45, 7) is 1.44. The Morgan fingerprint density at radius 1 is 1.33 bits per heavy atom. The Hall–Kier alpha value is -1.20. The van der Waals surface area contributed by atoms with Gasteiger partial charge in [-0.25, -0.2) is 0 Å². The van der Waals surface area contributed by atoms with Gasteiger partial charge in [-0.3, -0.25) is 4.55 Å². The first-order valence-corrected chi connectivity index (χ1v) is 5.90. The van der Waals surface area contributed by atoms with Crippen LogP contribution in [0.3, 0.4) is 0 Å². The highest BCUT2D eigenvalue weighted by Gasteiger charge is 2.14. The molecule has 0 aliphatic rings. The van der Waals surface area contributed by atoms with E-state index in [1.165, 1.54) is 19.1 Å². The van der Waals surface area contributed by atoms with Crippen molar-refractivity contribution < 1.29 is 17.8 Å². The van der Waals surface area contributed by atoms with Crippen molar-refractivity contribution in [2.45, 2.75) is 24.7 Å². The van der Waals surface area contributed by atoms with E-state index in [0.29, 0.717) is 12.0 Å². The topological polar surface area (TPSA) is 71.4 Å². The molecule has 0 bridgehead atoms. The summed E-state index contributed by atoms with van der Waals surface area (Å²) in [5.41, 5.74) is 0.468. The van der Waals surface area contributed by atoms with Gasteiger partial charge in [-0.15, -0.1) is 0 Å². The van der Waals surface area contributed by atoms with Gasteiger partial charge in [0.15, 0.2) is 0 Å². The zero-order valence-corrected chi connectivity index (χ0v) is 9.12. The largest absolute Gasteiger partial charge is 0.300 e. The molecule has 0 spiro atoms. The molecule has 0 radical (unpaired) electrons. The molecule has 0 aliphatic carbocycles. The lowest BCUT2D eigenvalue weighted by molar-refractivity contribution is -0.116. The lowest BCUT2D eigenvalue weighted by Crippen LogP contribution is -2.04. The Bertz CT molecular complexity index is 462. The molecule has 1 aromatic carbocycles. The van der Waals surface area contributed by atoms with Crippen LogP contribution >= 0.6 is 0 Å². The fraction of sp³-hybridized carbons (Fsp3) is 0.300. The van der Waals surface area contributed by atoms with Crippen molar-refractivity contribution in [1.29, 1.82) is 0 Å². The summed E-state index contributed by atoms with van der Waals surface area (Å²) in [7, 11) is -4.19. The second kappa shape index (κ2) is 4.55. The van der Waals surface area contributed by atoms with E-state index >= 15 is 0 Å². The number of rotatable bonds is 4. The molecule has 5 heteroatoms. The molecule has 0 fully saturated rings. The number of hydrogen-bond donors (Lipinski definition) is 1. The van der Waals surface area contributed by atoms with Crippen molar-refractivity contribution in [1.82, 2.24) is 0 Å². The van der Waals surface area contributed by atoms with Crippen molar-refractivity contribution in [3.8, 4) is 0 Å². The minimum atomic E-state index is -4.19. The van der Waals surface area contributed by atoms with Gasteiger partial charge in [0.1, 0.15) is 5.78 Å². The standard InChI is InChI=1S/C10H12O4S/c1-8(11)6-7-9-4-2-3-5-10(9)15(12,13)14/h2-5H,6-7H2,1H3,(H,12,13,14). The molecule has 15 heavy (non-hydrogen) atoms. The zero-order valence-electron chi connectivity index (χ0n) is 8.30. The Kier molecular flexibility index (Phi) is 3.60. The molecule has 0 unspecified atom stereocenters. The molecule has 0 saturated heterocycles. The van der Waals surface area contributed by atoms with Gasteiger partial charge in [-0.2, -0.15) is 8.42 Å². The van der Waals surface area contributed by atoms with Crippen LogP contribution in [0.15, 0.2) is 29.2 Å². The van der Waals surface area contributed by atoms with Gasteiger partial charge in [0, 0.05) is 6.42 Å². The van der Waals surface area contributed by atoms with E-state index in [0.717, 1.165) is 0 Å². The molecule has 0 amide bonds. The Morgan fingerprint density at radius 3 is 2.47 bits per heavy atom. The number of hydrogen-bond acceptors (Lipinski definition) is 3. The number of aryl methyl sites for hydroxylation is 1. The average Bonchev–Trinajstić information content (AvgIpc) is 2.13. The third-order valence-corrected chi connectivity index (χ3v) is 2.95. The maximum Gasteiger partial charge on any atom is 0.294 e. The number of ketones is 1. The van der Waals surface area contributed by atoms with E-state index in [1.807, 2.05) is 0 Å². The van der Waals surface area contributed by atoms with Gasteiger partial charge in [-0.05, 0) is 25.0 Å². The first kappa shape index (κ1) is 11.9. The summed E-state index contributed by atoms with van der Waals surface area (Å²) in [6.07, 6.45) is 0.595. The van der Waals surface area contributed by atoms with E-state index < -0.39 is 10.1 Å². The first-order chi connectivity index (χ1) is 6.91. The molecule has 1 aromatic rings. The van der Waals surface area contributed by atoms with E-state index in [1.54, 1.807) is 12.1 Å². The predicted octanol–water partition coefficient (Wildman–Crippen LogP) is 1.45. The van der Waals surface area contributed by atoms with Crippen LogP contribution in [0.2, 0.25) is 0 Å². The molecule has 0 atom stereocenters. The van der Waals surface area contributed by atoms with Crippen LogP contribution in [0.4, 0.5) is 0 Å². The summed E-state index contributed by atoms with van der Waals surface area (Å²) < 4.78 is 30.9. The maximum atomic E-state index is 11.0. The van der Waals surface area contributed by atoms with Crippen LogP contribution in [-0.4, -0.2) is 18.8 Å². The highest BCUT2D eigenvalue weighted by Crippen LogP contribution is 2.16. The van der Waals surface area contributed by atoms with Gasteiger partial charge in [0.25, 0.3) is 10.1 Å². The zero-order chi connectivity index (χ0) is 11.5. The molecule has 1 N–H and O–H groups in total. The molecule has 0 aromatic heterocycles. The van der Waals surface area contributed by atoms with Crippen LogP contribution < -0.4 is 0 Å². The van der Waals surface area contributed by atoms with Crippen molar-refractivity contribution in [2.75, 3.05) is 0 Å². The number of carbonyl (C=O) groups excluding carboxylic acids is 1. The fourth-order valence-corrected chi connectivity index (χ4v) is 2.02. The van der Waals surface area contributed by atoms with Crippen molar-refractivity contribution in [2.24, 2.45) is 0 Å². The molecular weight excluding hydrogens is 216 g/mol.